The summed E-state index contributed by atoms with van der Waals surface area (Å²) < 4.78 is 29.3. The van der Waals surface area contributed by atoms with Gasteiger partial charge in [-0.1, -0.05) is 0 Å². The first kappa shape index (κ1) is 20.0. The summed E-state index contributed by atoms with van der Waals surface area (Å²) in [6.45, 7) is 2.57. The van der Waals surface area contributed by atoms with Crippen LogP contribution in [0.4, 0.5) is 11.6 Å². The molecule has 3 N–H and O–H groups in total. The van der Waals surface area contributed by atoms with E-state index in [1.165, 1.54) is 10.5 Å². The molecule has 0 atom stereocenters. The molecule has 1 fully saturated rings. The Morgan fingerprint density at radius 1 is 1.27 bits per heavy atom. The summed E-state index contributed by atoms with van der Waals surface area (Å²) in [5.74, 6) is 0.413. The lowest BCUT2D eigenvalue weighted by molar-refractivity contribution is 0.311. The number of anilines is 2. The van der Waals surface area contributed by atoms with E-state index in [1.54, 1.807) is 18.5 Å². The molecule has 1 aliphatic heterocycles. The van der Waals surface area contributed by atoms with Gasteiger partial charge in [0, 0.05) is 48.5 Å². The molecule has 0 aromatic carbocycles. The summed E-state index contributed by atoms with van der Waals surface area (Å²) >= 11 is 0. The molecule has 1 aliphatic rings. The van der Waals surface area contributed by atoms with Gasteiger partial charge in [0.15, 0.2) is 0 Å². The number of nitriles is 1. The van der Waals surface area contributed by atoms with Gasteiger partial charge in [-0.05, 0) is 48.9 Å². The standard InChI is InChI=1S/C20H21N7O2S/c1-13-2-5-23-11-16(13)18-8-15-9-19(24-12-17(15)20(22)25-18)26-30(28,29)27-6-3-14(10-21)4-7-27/h2,5,8-9,11-12,14H,3-4,6-7H2,1H3,(H2,22,25)(H,24,26). The molecule has 1 saturated heterocycles. The Morgan fingerprint density at radius 2 is 2.03 bits per heavy atom. The van der Waals surface area contributed by atoms with E-state index in [9.17, 15) is 8.42 Å². The molecule has 154 valence electrons. The summed E-state index contributed by atoms with van der Waals surface area (Å²) in [5, 5.41) is 10.4. The van der Waals surface area contributed by atoms with Gasteiger partial charge in [0.25, 0.3) is 0 Å². The quantitative estimate of drug-likeness (QED) is 0.657. The number of hydrogen-bond acceptors (Lipinski definition) is 7. The number of hydrogen-bond donors (Lipinski definition) is 2. The van der Waals surface area contributed by atoms with Crippen molar-refractivity contribution in [2.75, 3.05) is 23.5 Å². The third-order valence-electron chi connectivity index (χ3n) is 5.27. The first-order chi connectivity index (χ1) is 14.4. The molecule has 0 saturated carbocycles. The van der Waals surface area contributed by atoms with Crippen LogP contribution < -0.4 is 10.5 Å². The van der Waals surface area contributed by atoms with Gasteiger partial charge in [-0.15, -0.1) is 0 Å². The second kappa shape index (κ2) is 7.85. The van der Waals surface area contributed by atoms with Crippen LogP contribution >= 0.6 is 0 Å². The first-order valence-electron chi connectivity index (χ1n) is 9.52. The van der Waals surface area contributed by atoms with Gasteiger partial charge in [-0.25, -0.2) is 9.97 Å². The van der Waals surface area contributed by atoms with Crippen LogP contribution in [-0.2, 0) is 10.2 Å². The molecule has 0 aliphatic carbocycles. The first-order valence-corrected chi connectivity index (χ1v) is 11.0. The molecule has 4 rings (SSSR count). The second-order valence-electron chi connectivity index (χ2n) is 7.28. The number of nitrogens with two attached hydrogens (primary N) is 1. The van der Waals surface area contributed by atoms with E-state index in [-0.39, 0.29) is 11.7 Å². The summed E-state index contributed by atoms with van der Waals surface area (Å²) in [6, 6.07) is 7.57. The molecule has 0 radical (unpaired) electrons. The summed E-state index contributed by atoms with van der Waals surface area (Å²) in [4.78, 5) is 12.8. The smallest absolute Gasteiger partial charge is 0.302 e. The highest BCUT2D eigenvalue weighted by molar-refractivity contribution is 7.90. The van der Waals surface area contributed by atoms with Crippen LogP contribution in [0.1, 0.15) is 18.4 Å². The van der Waals surface area contributed by atoms with Crippen molar-refractivity contribution < 1.29 is 8.42 Å². The SMILES string of the molecule is Cc1ccncc1-c1cc2cc(NS(=O)(=O)N3CCC(C#N)CC3)ncc2c(N)n1. The molecular formula is C20H21N7O2S. The Morgan fingerprint density at radius 3 is 2.73 bits per heavy atom. The predicted octanol–water partition coefficient (Wildman–Crippen LogP) is 2.47. The molecule has 0 spiro atoms. The van der Waals surface area contributed by atoms with Gasteiger partial charge < -0.3 is 5.73 Å². The molecule has 3 aromatic heterocycles. The maximum atomic E-state index is 12.7. The van der Waals surface area contributed by atoms with Gasteiger partial charge in [-0.3, -0.25) is 9.71 Å². The number of fused-ring (bicyclic) bond motifs is 1. The van der Waals surface area contributed by atoms with Gasteiger partial charge >= 0.3 is 10.2 Å². The molecular weight excluding hydrogens is 402 g/mol. The Balaban J connectivity index is 1.64. The summed E-state index contributed by atoms with van der Waals surface area (Å²) in [6.07, 6.45) is 5.99. The predicted molar refractivity (Wildman–Crippen MR) is 114 cm³/mol. The number of pyridine rings is 3. The highest BCUT2D eigenvalue weighted by Gasteiger charge is 2.28. The van der Waals surface area contributed by atoms with Crippen molar-refractivity contribution in [1.82, 2.24) is 19.3 Å². The molecule has 9 nitrogen and oxygen atoms in total. The zero-order chi connectivity index (χ0) is 21.3. The number of piperidine rings is 1. The normalized spacial score (nSPS) is 15.7. The lowest BCUT2D eigenvalue weighted by atomic mass is 10.0. The molecule has 30 heavy (non-hydrogen) atoms. The Labute approximate surface area is 174 Å². The lowest BCUT2D eigenvalue weighted by Crippen LogP contribution is -2.41. The fourth-order valence-electron chi connectivity index (χ4n) is 3.52. The van der Waals surface area contributed by atoms with E-state index >= 15 is 0 Å². The van der Waals surface area contributed by atoms with Crippen LogP contribution in [0, 0.1) is 24.2 Å². The molecule has 4 heterocycles. The van der Waals surface area contributed by atoms with Crippen molar-refractivity contribution >= 4 is 32.6 Å². The number of nitrogens with zero attached hydrogens (tertiary/aromatic N) is 5. The largest absolute Gasteiger partial charge is 0.383 e. The van der Waals surface area contributed by atoms with Crippen molar-refractivity contribution in [1.29, 1.82) is 5.26 Å². The summed E-state index contributed by atoms with van der Waals surface area (Å²) in [5.41, 5.74) is 8.64. The minimum atomic E-state index is -3.76. The average Bonchev–Trinajstić information content (AvgIpc) is 2.73. The molecule has 0 bridgehead atoms. The Hall–Kier alpha value is -3.29. The van der Waals surface area contributed by atoms with E-state index in [1.807, 2.05) is 19.1 Å². The van der Waals surface area contributed by atoms with Gasteiger partial charge in [0.2, 0.25) is 0 Å². The van der Waals surface area contributed by atoms with Gasteiger partial charge in [0.1, 0.15) is 11.6 Å². The number of nitrogen functional groups attached to an aromatic ring is 1. The van der Waals surface area contributed by atoms with Crippen molar-refractivity contribution in [2.24, 2.45) is 5.92 Å². The zero-order valence-electron chi connectivity index (χ0n) is 16.4. The Bertz CT molecular complexity index is 1250. The molecule has 10 heteroatoms. The fraction of sp³-hybridized carbons (Fsp3) is 0.300. The average molecular weight is 424 g/mol. The minimum absolute atomic E-state index is 0.0972. The molecule has 0 amide bonds. The topological polar surface area (TPSA) is 138 Å². The fourth-order valence-corrected chi connectivity index (χ4v) is 4.72. The zero-order valence-corrected chi connectivity index (χ0v) is 17.2. The van der Waals surface area contributed by atoms with E-state index in [4.69, 9.17) is 11.0 Å². The van der Waals surface area contributed by atoms with Gasteiger partial charge in [-0.2, -0.15) is 18.0 Å². The maximum absolute atomic E-state index is 12.7. The monoisotopic (exact) mass is 423 g/mol. The third kappa shape index (κ3) is 3.90. The Kier molecular flexibility index (Phi) is 5.24. The maximum Gasteiger partial charge on any atom is 0.302 e. The van der Waals surface area contributed by atoms with Crippen LogP contribution in [0.5, 0.6) is 0 Å². The number of nitrogens with one attached hydrogen (secondary N) is 1. The highest BCUT2D eigenvalue weighted by atomic mass is 32.2. The lowest BCUT2D eigenvalue weighted by Gasteiger charge is -2.28. The van der Waals surface area contributed by atoms with Crippen molar-refractivity contribution in [3.63, 3.8) is 0 Å². The number of rotatable bonds is 4. The van der Waals surface area contributed by atoms with Crippen LogP contribution in [0.3, 0.4) is 0 Å². The van der Waals surface area contributed by atoms with E-state index in [0.717, 1.165) is 16.5 Å². The minimum Gasteiger partial charge on any atom is -0.383 e. The van der Waals surface area contributed by atoms with Crippen LogP contribution in [0.15, 0.2) is 36.8 Å². The second-order valence-corrected chi connectivity index (χ2v) is 8.95. The van der Waals surface area contributed by atoms with Crippen molar-refractivity contribution in [3.05, 3.63) is 42.4 Å². The number of aryl methyl sites for hydroxylation is 1. The molecule has 3 aromatic rings. The van der Waals surface area contributed by atoms with Crippen molar-refractivity contribution in [3.8, 4) is 17.3 Å². The van der Waals surface area contributed by atoms with Crippen LogP contribution in [-0.4, -0.2) is 40.8 Å². The summed E-state index contributed by atoms with van der Waals surface area (Å²) in [7, 11) is -3.76. The van der Waals surface area contributed by atoms with Crippen molar-refractivity contribution in [2.45, 2.75) is 19.8 Å². The third-order valence-corrected chi connectivity index (χ3v) is 6.78. The number of aromatic nitrogens is 3. The molecule has 0 unspecified atom stereocenters. The highest BCUT2D eigenvalue weighted by Crippen LogP contribution is 2.29. The van der Waals surface area contributed by atoms with Crippen LogP contribution in [0.2, 0.25) is 0 Å². The van der Waals surface area contributed by atoms with E-state index < -0.39 is 10.2 Å². The van der Waals surface area contributed by atoms with Crippen LogP contribution in [0.25, 0.3) is 22.0 Å². The van der Waals surface area contributed by atoms with E-state index in [2.05, 4.69) is 25.7 Å². The van der Waals surface area contributed by atoms with Gasteiger partial charge in [0.05, 0.1) is 11.8 Å². The van der Waals surface area contributed by atoms with E-state index in [0.29, 0.717) is 42.8 Å².